The van der Waals surface area contributed by atoms with E-state index in [4.69, 9.17) is 10.5 Å². The first kappa shape index (κ1) is 20.4. The number of amides is 2. The summed E-state index contributed by atoms with van der Waals surface area (Å²) in [7, 11) is 2.96. The normalized spacial score (nSPS) is 15.5. The summed E-state index contributed by atoms with van der Waals surface area (Å²) in [5, 5.41) is 0. The third-order valence-electron chi connectivity index (χ3n) is 5.40. The van der Waals surface area contributed by atoms with Crippen molar-refractivity contribution < 1.29 is 14.3 Å². The van der Waals surface area contributed by atoms with Crippen LogP contribution in [0.4, 0.5) is 5.69 Å². The van der Waals surface area contributed by atoms with Gasteiger partial charge in [0.1, 0.15) is 5.75 Å². The molecule has 1 aliphatic heterocycles. The fourth-order valence-corrected chi connectivity index (χ4v) is 3.72. The maximum absolute atomic E-state index is 12.9. The molecule has 0 aliphatic carbocycles. The Labute approximate surface area is 176 Å². The molecule has 0 spiro atoms. The minimum atomic E-state index is -0.916. The zero-order valence-corrected chi connectivity index (χ0v) is 17.1. The third kappa shape index (κ3) is 3.47. The molecule has 0 fully saturated rings. The zero-order chi connectivity index (χ0) is 22.3. The maximum atomic E-state index is 12.9. The number of aromatic nitrogens is 4. The number of carbonyl (C=O) groups is 2. The molecule has 3 aromatic rings. The SMILES string of the molecule is Cn1c(=O)c2c(ncn2CCCC(=O)N2C[C@H](C(N)=O)Oc3ccccc32)n(C)c1=O. The average molecular weight is 426 g/mol. The molecule has 4 rings (SSSR count). The monoisotopic (exact) mass is 426 g/mol. The number of aryl methyl sites for hydroxylation is 2. The van der Waals surface area contributed by atoms with Gasteiger partial charge in [-0.25, -0.2) is 9.78 Å². The van der Waals surface area contributed by atoms with E-state index in [1.807, 2.05) is 0 Å². The Bertz CT molecular complexity index is 1300. The largest absolute Gasteiger partial charge is 0.477 e. The highest BCUT2D eigenvalue weighted by atomic mass is 16.5. The average Bonchev–Trinajstić information content (AvgIpc) is 3.19. The van der Waals surface area contributed by atoms with Crippen LogP contribution in [0.1, 0.15) is 12.8 Å². The molecule has 162 valence electrons. The summed E-state index contributed by atoms with van der Waals surface area (Å²) >= 11 is 0. The molecule has 11 heteroatoms. The van der Waals surface area contributed by atoms with Crippen molar-refractivity contribution in [3.63, 3.8) is 0 Å². The van der Waals surface area contributed by atoms with Crippen LogP contribution in [0.2, 0.25) is 0 Å². The quantitative estimate of drug-likeness (QED) is 0.584. The van der Waals surface area contributed by atoms with Crippen LogP contribution >= 0.6 is 0 Å². The number of imidazole rings is 1. The second-order valence-corrected chi connectivity index (χ2v) is 7.40. The van der Waals surface area contributed by atoms with Gasteiger partial charge in [0.2, 0.25) is 5.91 Å². The van der Waals surface area contributed by atoms with E-state index >= 15 is 0 Å². The summed E-state index contributed by atoms with van der Waals surface area (Å²) in [6, 6.07) is 6.97. The summed E-state index contributed by atoms with van der Waals surface area (Å²) < 4.78 is 9.57. The summed E-state index contributed by atoms with van der Waals surface area (Å²) in [4.78, 5) is 54.8. The molecule has 2 amide bonds. The van der Waals surface area contributed by atoms with E-state index in [1.54, 1.807) is 35.9 Å². The Kier molecular flexibility index (Phi) is 5.09. The molecule has 1 atom stereocenters. The first-order valence-corrected chi connectivity index (χ1v) is 9.75. The number of hydrogen-bond acceptors (Lipinski definition) is 6. The molecule has 0 unspecified atom stereocenters. The number of rotatable bonds is 5. The van der Waals surface area contributed by atoms with Crippen LogP contribution in [-0.2, 0) is 30.2 Å². The van der Waals surface area contributed by atoms with Crippen LogP contribution in [0.25, 0.3) is 11.2 Å². The van der Waals surface area contributed by atoms with Crippen molar-refractivity contribution in [2.45, 2.75) is 25.5 Å². The van der Waals surface area contributed by atoms with Gasteiger partial charge in [-0.3, -0.25) is 23.5 Å². The fraction of sp³-hybridized carbons (Fsp3) is 0.350. The van der Waals surface area contributed by atoms with Crippen molar-refractivity contribution in [2.75, 3.05) is 11.4 Å². The van der Waals surface area contributed by atoms with E-state index in [9.17, 15) is 19.2 Å². The number of nitrogens with zero attached hydrogens (tertiary/aromatic N) is 5. The Morgan fingerprint density at radius 3 is 2.68 bits per heavy atom. The van der Waals surface area contributed by atoms with Crippen LogP contribution in [0.15, 0.2) is 40.2 Å². The van der Waals surface area contributed by atoms with Crippen molar-refractivity contribution in [1.29, 1.82) is 0 Å². The first-order chi connectivity index (χ1) is 14.8. The van der Waals surface area contributed by atoms with Gasteiger partial charge in [-0.1, -0.05) is 12.1 Å². The summed E-state index contributed by atoms with van der Waals surface area (Å²) in [5.41, 5.74) is 5.69. The molecule has 0 saturated heterocycles. The first-order valence-electron chi connectivity index (χ1n) is 9.75. The molecule has 3 heterocycles. The summed E-state index contributed by atoms with van der Waals surface area (Å²) in [6.45, 7) is 0.406. The Morgan fingerprint density at radius 2 is 1.94 bits per heavy atom. The van der Waals surface area contributed by atoms with Crippen LogP contribution in [-0.4, -0.2) is 43.1 Å². The molecule has 0 bridgehead atoms. The van der Waals surface area contributed by atoms with E-state index < -0.39 is 23.3 Å². The van der Waals surface area contributed by atoms with Gasteiger partial charge in [-0.05, 0) is 18.6 Å². The van der Waals surface area contributed by atoms with Gasteiger partial charge in [0.25, 0.3) is 11.5 Å². The lowest BCUT2D eigenvalue weighted by atomic mass is 10.1. The predicted octanol–water partition coefficient (Wildman–Crippen LogP) is -0.507. The highest BCUT2D eigenvalue weighted by Gasteiger charge is 2.32. The van der Waals surface area contributed by atoms with E-state index in [-0.39, 0.29) is 18.9 Å². The molecule has 0 saturated carbocycles. The lowest BCUT2D eigenvalue weighted by molar-refractivity contribution is -0.125. The van der Waals surface area contributed by atoms with Gasteiger partial charge in [-0.15, -0.1) is 0 Å². The number of para-hydroxylation sites is 2. The van der Waals surface area contributed by atoms with E-state index in [0.717, 1.165) is 4.57 Å². The van der Waals surface area contributed by atoms with Crippen LogP contribution < -0.4 is 26.6 Å². The van der Waals surface area contributed by atoms with E-state index in [0.29, 0.717) is 35.6 Å². The molecule has 2 aromatic heterocycles. The molecule has 0 radical (unpaired) electrons. The zero-order valence-electron chi connectivity index (χ0n) is 17.1. The second-order valence-electron chi connectivity index (χ2n) is 7.40. The topological polar surface area (TPSA) is 134 Å². The summed E-state index contributed by atoms with van der Waals surface area (Å²) in [5.74, 6) is -0.402. The van der Waals surface area contributed by atoms with Crippen LogP contribution in [0.5, 0.6) is 5.75 Å². The Balaban J connectivity index is 1.52. The highest BCUT2D eigenvalue weighted by Crippen LogP contribution is 2.33. The Morgan fingerprint density at radius 1 is 1.19 bits per heavy atom. The molecule has 2 N–H and O–H groups in total. The number of nitrogens with two attached hydrogens (primary N) is 1. The number of benzene rings is 1. The lowest BCUT2D eigenvalue weighted by Gasteiger charge is -2.33. The number of ether oxygens (including phenoxy) is 1. The molecular weight excluding hydrogens is 404 g/mol. The smallest absolute Gasteiger partial charge is 0.332 e. The van der Waals surface area contributed by atoms with Crippen molar-refractivity contribution >= 4 is 28.7 Å². The maximum Gasteiger partial charge on any atom is 0.332 e. The van der Waals surface area contributed by atoms with Gasteiger partial charge in [0.15, 0.2) is 17.3 Å². The number of carbonyl (C=O) groups excluding carboxylic acids is 2. The molecule has 11 nitrogen and oxygen atoms in total. The van der Waals surface area contributed by atoms with Crippen molar-refractivity contribution in [1.82, 2.24) is 18.7 Å². The lowest BCUT2D eigenvalue weighted by Crippen LogP contribution is -2.49. The second kappa shape index (κ2) is 7.74. The third-order valence-corrected chi connectivity index (χ3v) is 5.40. The highest BCUT2D eigenvalue weighted by molar-refractivity contribution is 5.97. The minimum absolute atomic E-state index is 0.0435. The predicted molar refractivity (Wildman–Crippen MR) is 112 cm³/mol. The molecule has 31 heavy (non-hydrogen) atoms. The number of primary amides is 1. The van der Waals surface area contributed by atoms with Crippen molar-refractivity contribution in [3.8, 4) is 5.75 Å². The van der Waals surface area contributed by atoms with Crippen LogP contribution in [0, 0.1) is 0 Å². The van der Waals surface area contributed by atoms with Gasteiger partial charge in [-0.2, -0.15) is 0 Å². The minimum Gasteiger partial charge on any atom is -0.477 e. The Hall–Kier alpha value is -3.89. The number of fused-ring (bicyclic) bond motifs is 2. The standard InChI is InChI=1S/C20H22N6O5/c1-23-18-16(19(29)24(2)20(23)30)25(11-22-18)9-5-8-15(27)26-10-14(17(21)28)31-13-7-4-3-6-12(13)26/h3-4,6-7,11,14H,5,8-10H2,1-2H3,(H2,21,28)/t14-/m1/s1. The van der Waals surface area contributed by atoms with E-state index in [1.165, 1.54) is 22.8 Å². The number of anilines is 1. The van der Waals surface area contributed by atoms with Gasteiger partial charge < -0.3 is 19.9 Å². The van der Waals surface area contributed by atoms with Gasteiger partial charge >= 0.3 is 5.69 Å². The van der Waals surface area contributed by atoms with Crippen molar-refractivity contribution in [2.24, 2.45) is 19.8 Å². The molecule has 1 aromatic carbocycles. The summed E-state index contributed by atoms with van der Waals surface area (Å²) in [6.07, 6.45) is 1.17. The number of hydrogen-bond donors (Lipinski definition) is 1. The van der Waals surface area contributed by atoms with Gasteiger partial charge in [0.05, 0.1) is 18.6 Å². The van der Waals surface area contributed by atoms with Gasteiger partial charge in [0, 0.05) is 27.1 Å². The van der Waals surface area contributed by atoms with Crippen molar-refractivity contribution in [3.05, 3.63) is 51.4 Å². The molecule has 1 aliphatic rings. The van der Waals surface area contributed by atoms with E-state index in [2.05, 4.69) is 4.98 Å². The fourth-order valence-electron chi connectivity index (χ4n) is 3.72. The molecular formula is C20H22N6O5. The van der Waals surface area contributed by atoms with Crippen LogP contribution in [0.3, 0.4) is 0 Å².